The maximum atomic E-state index is 11.6. The van der Waals surface area contributed by atoms with Gasteiger partial charge in [-0.05, 0) is 18.2 Å². The summed E-state index contributed by atoms with van der Waals surface area (Å²) in [5.41, 5.74) is 0.0478. The van der Waals surface area contributed by atoms with Gasteiger partial charge >= 0.3 is 11.9 Å². The van der Waals surface area contributed by atoms with Crippen LogP contribution >= 0.6 is 0 Å². The summed E-state index contributed by atoms with van der Waals surface area (Å²) in [6.45, 7) is 0. The Hall–Kier alpha value is -2.57. The summed E-state index contributed by atoms with van der Waals surface area (Å²) < 4.78 is 0. The molecule has 0 heterocycles. The molecule has 18 heavy (non-hydrogen) atoms. The Morgan fingerprint density at radius 3 is 2.39 bits per heavy atom. The van der Waals surface area contributed by atoms with Crippen LogP contribution in [0.25, 0.3) is 0 Å². The predicted octanol–water partition coefficient (Wildman–Crippen LogP) is 0.0499. The van der Waals surface area contributed by atoms with Crippen molar-refractivity contribution in [2.75, 3.05) is 0 Å². The number of carboxylic acid groups (broad SMARTS) is 2. The fourth-order valence-corrected chi connectivity index (χ4v) is 1.26. The summed E-state index contributed by atoms with van der Waals surface area (Å²) >= 11 is 0. The molecule has 1 rings (SSSR count). The SMILES string of the molecule is O=C(O)C[C@@H](NC(=O)c1cccc(O)c1)C(=O)O. The van der Waals surface area contributed by atoms with E-state index in [1.165, 1.54) is 18.2 Å². The molecule has 0 aromatic heterocycles. The Labute approximate surface area is 102 Å². The first kappa shape index (κ1) is 13.5. The van der Waals surface area contributed by atoms with Crippen LogP contribution < -0.4 is 5.32 Å². The first-order chi connectivity index (χ1) is 8.40. The molecule has 1 aromatic rings. The summed E-state index contributed by atoms with van der Waals surface area (Å²) in [5.74, 6) is -3.68. The molecule has 0 bridgehead atoms. The Morgan fingerprint density at radius 1 is 1.22 bits per heavy atom. The molecule has 1 amide bonds. The summed E-state index contributed by atoms with van der Waals surface area (Å²) in [4.78, 5) is 32.8. The number of hydrogen-bond acceptors (Lipinski definition) is 4. The van der Waals surface area contributed by atoms with E-state index < -0.39 is 30.3 Å². The van der Waals surface area contributed by atoms with Gasteiger partial charge in [-0.25, -0.2) is 4.79 Å². The molecule has 0 fully saturated rings. The monoisotopic (exact) mass is 253 g/mol. The summed E-state index contributed by atoms with van der Waals surface area (Å²) in [6, 6.07) is 3.77. The van der Waals surface area contributed by atoms with Crippen LogP contribution in [0.4, 0.5) is 0 Å². The van der Waals surface area contributed by atoms with E-state index in [9.17, 15) is 14.4 Å². The van der Waals surface area contributed by atoms with Crippen molar-refractivity contribution in [2.45, 2.75) is 12.5 Å². The van der Waals surface area contributed by atoms with E-state index in [1.54, 1.807) is 0 Å². The van der Waals surface area contributed by atoms with Gasteiger partial charge < -0.3 is 20.6 Å². The average Bonchev–Trinajstić information content (AvgIpc) is 2.27. The van der Waals surface area contributed by atoms with E-state index in [0.717, 1.165) is 6.07 Å². The van der Waals surface area contributed by atoms with Gasteiger partial charge in [0.15, 0.2) is 0 Å². The van der Waals surface area contributed by atoms with Crippen molar-refractivity contribution >= 4 is 17.8 Å². The highest BCUT2D eigenvalue weighted by Crippen LogP contribution is 2.11. The van der Waals surface area contributed by atoms with E-state index in [2.05, 4.69) is 5.32 Å². The summed E-state index contributed by atoms with van der Waals surface area (Å²) in [7, 11) is 0. The van der Waals surface area contributed by atoms with Crippen molar-refractivity contribution in [3.05, 3.63) is 29.8 Å². The fourth-order valence-electron chi connectivity index (χ4n) is 1.26. The van der Waals surface area contributed by atoms with Crippen molar-refractivity contribution in [1.82, 2.24) is 5.32 Å². The van der Waals surface area contributed by atoms with Gasteiger partial charge in [-0.2, -0.15) is 0 Å². The van der Waals surface area contributed by atoms with Crippen molar-refractivity contribution in [2.24, 2.45) is 0 Å². The maximum absolute atomic E-state index is 11.6. The first-order valence-corrected chi connectivity index (χ1v) is 4.94. The van der Waals surface area contributed by atoms with Crippen molar-refractivity contribution in [1.29, 1.82) is 0 Å². The standard InChI is InChI=1S/C11H11NO6/c13-7-3-1-2-6(4-7)10(16)12-8(11(17)18)5-9(14)15/h1-4,8,13H,5H2,(H,12,16)(H,14,15)(H,17,18)/t8-/m1/s1. The average molecular weight is 253 g/mol. The second-order valence-corrected chi connectivity index (χ2v) is 3.51. The highest BCUT2D eigenvalue weighted by Gasteiger charge is 2.23. The topological polar surface area (TPSA) is 124 Å². The molecule has 0 aliphatic carbocycles. The molecule has 1 atom stereocenters. The van der Waals surface area contributed by atoms with Crippen LogP contribution in [0.15, 0.2) is 24.3 Å². The lowest BCUT2D eigenvalue weighted by atomic mass is 10.1. The molecule has 0 aliphatic heterocycles. The molecule has 1 aromatic carbocycles. The molecule has 7 nitrogen and oxygen atoms in total. The molecule has 0 unspecified atom stereocenters. The van der Waals surface area contributed by atoms with Crippen LogP contribution in [0.5, 0.6) is 5.75 Å². The van der Waals surface area contributed by atoms with E-state index in [-0.39, 0.29) is 11.3 Å². The van der Waals surface area contributed by atoms with E-state index in [1.807, 2.05) is 0 Å². The van der Waals surface area contributed by atoms with Crippen molar-refractivity contribution < 1.29 is 29.7 Å². The molecule has 0 saturated carbocycles. The quantitative estimate of drug-likeness (QED) is 0.587. The number of hydrogen-bond donors (Lipinski definition) is 4. The highest BCUT2D eigenvalue weighted by atomic mass is 16.4. The summed E-state index contributed by atoms with van der Waals surface area (Å²) in [6.07, 6.45) is -0.722. The number of phenols is 1. The Morgan fingerprint density at radius 2 is 1.89 bits per heavy atom. The minimum Gasteiger partial charge on any atom is -0.508 e. The Bertz CT molecular complexity index is 484. The molecule has 0 spiro atoms. The number of amides is 1. The number of carboxylic acids is 2. The lowest BCUT2D eigenvalue weighted by Crippen LogP contribution is -2.42. The number of carbonyl (C=O) groups is 3. The largest absolute Gasteiger partial charge is 0.508 e. The number of carbonyl (C=O) groups excluding carboxylic acids is 1. The molecule has 0 radical (unpaired) electrons. The van der Waals surface area contributed by atoms with Crippen LogP contribution in [-0.4, -0.2) is 39.2 Å². The molecular formula is C11H11NO6. The number of aromatic hydroxyl groups is 1. The van der Waals surface area contributed by atoms with Crippen LogP contribution in [-0.2, 0) is 9.59 Å². The van der Waals surface area contributed by atoms with Gasteiger partial charge in [0.1, 0.15) is 11.8 Å². The molecule has 7 heteroatoms. The van der Waals surface area contributed by atoms with Crippen LogP contribution in [0.3, 0.4) is 0 Å². The third kappa shape index (κ3) is 3.78. The molecule has 4 N–H and O–H groups in total. The van der Waals surface area contributed by atoms with Crippen LogP contribution in [0, 0.1) is 0 Å². The van der Waals surface area contributed by atoms with Gasteiger partial charge in [-0.15, -0.1) is 0 Å². The van der Waals surface area contributed by atoms with Gasteiger partial charge in [-0.3, -0.25) is 9.59 Å². The number of benzene rings is 1. The minimum absolute atomic E-state index is 0.0478. The number of phenolic OH excluding ortho intramolecular Hbond substituents is 1. The fraction of sp³-hybridized carbons (Fsp3) is 0.182. The zero-order valence-corrected chi connectivity index (χ0v) is 9.16. The van der Waals surface area contributed by atoms with Crippen molar-refractivity contribution in [3.8, 4) is 5.75 Å². The van der Waals surface area contributed by atoms with E-state index in [4.69, 9.17) is 15.3 Å². The lowest BCUT2D eigenvalue weighted by molar-refractivity contribution is -0.145. The van der Waals surface area contributed by atoms with Crippen LogP contribution in [0.2, 0.25) is 0 Å². The molecular weight excluding hydrogens is 242 g/mol. The zero-order valence-electron chi connectivity index (χ0n) is 9.16. The minimum atomic E-state index is -1.52. The number of aliphatic carboxylic acids is 2. The molecule has 0 saturated heterocycles. The first-order valence-electron chi connectivity index (χ1n) is 4.94. The van der Waals surface area contributed by atoms with Gasteiger partial charge in [0.05, 0.1) is 6.42 Å². The smallest absolute Gasteiger partial charge is 0.326 e. The second kappa shape index (κ2) is 5.67. The lowest BCUT2D eigenvalue weighted by Gasteiger charge is -2.12. The van der Waals surface area contributed by atoms with E-state index in [0.29, 0.717) is 0 Å². The van der Waals surface area contributed by atoms with E-state index >= 15 is 0 Å². The summed E-state index contributed by atoms with van der Waals surface area (Å²) in [5, 5.41) is 28.5. The maximum Gasteiger partial charge on any atom is 0.326 e. The zero-order chi connectivity index (χ0) is 13.7. The third-order valence-corrected chi connectivity index (χ3v) is 2.09. The van der Waals surface area contributed by atoms with Crippen LogP contribution in [0.1, 0.15) is 16.8 Å². The van der Waals surface area contributed by atoms with Gasteiger partial charge in [0.2, 0.25) is 0 Å². The Balaban J connectivity index is 2.78. The third-order valence-electron chi connectivity index (χ3n) is 2.09. The molecule has 96 valence electrons. The van der Waals surface area contributed by atoms with Crippen molar-refractivity contribution in [3.63, 3.8) is 0 Å². The molecule has 0 aliphatic rings. The highest BCUT2D eigenvalue weighted by molar-refractivity contribution is 5.97. The van der Waals surface area contributed by atoms with Gasteiger partial charge in [-0.1, -0.05) is 6.07 Å². The number of nitrogens with one attached hydrogen (secondary N) is 1. The predicted molar refractivity (Wildman–Crippen MR) is 59.2 cm³/mol. The second-order valence-electron chi connectivity index (χ2n) is 3.51. The van der Waals surface area contributed by atoms with Gasteiger partial charge in [0, 0.05) is 5.56 Å². The van der Waals surface area contributed by atoms with Gasteiger partial charge in [0.25, 0.3) is 5.91 Å². The number of rotatable bonds is 5. The Kier molecular flexibility index (Phi) is 4.25. The normalized spacial score (nSPS) is 11.6.